The van der Waals surface area contributed by atoms with Crippen molar-refractivity contribution in [1.82, 2.24) is 5.32 Å². The Kier molecular flexibility index (Phi) is 11.4. The number of aliphatic hydroxyl groups excluding tert-OH is 4. The normalized spacial score (nSPS) is 27.9. The zero-order valence-corrected chi connectivity index (χ0v) is 16.6. The number of nitrogens with one attached hydrogen (secondary N) is 1. The van der Waals surface area contributed by atoms with Crippen molar-refractivity contribution < 1.29 is 34.7 Å². The molecule has 0 aromatic carbocycles. The first-order valence-corrected chi connectivity index (χ1v) is 10.1. The highest BCUT2D eigenvalue weighted by Crippen LogP contribution is 2.30. The number of ether oxygens (including phenoxy) is 2. The van der Waals surface area contributed by atoms with Crippen LogP contribution in [0.4, 0.5) is 0 Å². The van der Waals surface area contributed by atoms with Crippen molar-refractivity contribution in [3.63, 3.8) is 0 Å². The zero-order valence-electron chi connectivity index (χ0n) is 16.6. The van der Waals surface area contributed by atoms with Crippen LogP contribution in [0.25, 0.3) is 0 Å². The third kappa shape index (κ3) is 8.41. The standard InChI is InChI=1S/C19H37NO7/c1-3-4-5-6-7-8-9-10-19(2)26-13-14(22)17(27-19)15(23)16(24)18(25)20-11-12-21/h14-17,21-24H,3-13H2,1-2H3,(H,20,25)/t14-,15-,16-,17-,19?/m1/s1. The third-order valence-corrected chi connectivity index (χ3v) is 4.90. The summed E-state index contributed by atoms with van der Waals surface area (Å²) < 4.78 is 11.4. The number of carbonyl (C=O) groups excluding carboxylic acids is 1. The van der Waals surface area contributed by atoms with E-state index in [0.717, 1.165) is 19.3 Å². The van der Waals surface area contributed by atoms with Crippen LogP contribution in [0.15, 0.2) is 0 Å². The van der Waals surface area contributed by atoms with Crippen LogP contribution in [-0.4, -0.2) is 76.3 Å². The molecule has 1 amide bonds. The maximum Gasteiger partial charge on any atom is 0.251 e. The first-order valence-electron chi connectivity index (χ1n) is 10.1. The summed E-state index contributed by atoms with van der Waals surface area (Å²) in [6, 6.07) is 0. The van der Waals surface area contributed by atoms with Crippen molar-refractivity contribution in [2.24, 2.45) is 0 Å². The second kappa shape index (κ2) is 12.6. The van der Waals surface area contributed by atoms with Crippen LogP contribution < -0.4 is 5.32 Å². The van der Waals surface area contributed by atoms with Gasteiger partial charge in [-0.1, -0.05) is 45.4 Å². The van der Waals surface area contributed by atoms with E-state index in [0.29, 0.717) is 6.42 Å². The van der Waals surface area contributed by atoms with Crippen LogP contribution in [-0.2, 0) is 14.3 Å². The second-order valence-corrected chi connectivity index (χ2v) is 7.42. The molecule has 0 bridgehead atoms. The van der Waals surface area contributed by atoms with E-state index in [2.05, 4.69) is 12.2 Å². The van der Waals surface area contributed by atoms with Crippen molar-refractivity contribution in [2.75, 3.05) is 19.8 Å². The van der Waals surface area contributed by atoms with Crippen molar-refractivity contribution >= 4 is 5.91 Å². The van der Waals surface area contributed by atoms with E-state index < -0.39 is 36.1 Å². The molecule has 1 heterocycles. The van der Waals surface area contributed by atoms with Gasteiger partial charge < -0.3 is 35.2 Å². The fraction of sp³-hybridized carbons (Fsp3) is 0.947. The van der Waals surface area contributed by atoms with Crippen LogP contribution in [0.3, 0.4) is 0 Å². The number of rotatable bonds is 13. The van der Waals surface area contributed by atoms with Gasteiger partial charge in [0.1, 0.15) is 18.3 Å². The van der Waals surface area contributed by atoms with Crippen LogP contribution in [0.5, 0.6) is 0 Å². The fourth-order valence-corrected chi connectivity index (χ4v) is 3.21. The number of carbonyl (C=O) groups is 1. The van der Waals surface area contributed by atoms with Crippen LogP contribution >= 0.6 is 0 Å². The van der Waals surface area contributed by atoms with E-state index in [9.17, 15) is 20.1 Å². The summed E-state index contributed by atoms with van der Waals surface area (Å²) in [7, 11) is 0. The van der Waals surface area contributed by atoms with Gasteiger partial charge in [0.25, 0.3) is 5.91 Å². The number of unbranched alkanes of at least 4 members (excludes halogenated alkanes) is 6. The molecule has 0 saturated carbocycles. The molecule has 0 radical (unpaired) electrons. The van der Waals surface area contributed by atoms with Crippen molar-refractivity contribution in [1.29, 1.82) is 0 Å². The molecule has 0 aromatic heterocycles. The molecule has 0 spiro atoms. The fourth-order valence-electron chi connectivity index (χ4n) is 3.21. The van der Waals surface area contributed by atoms with Crippen LogP contribution in [0, 0.1) is 0 Å². The summed E-state index contributed by atoms with van der Waals surface area (Å²) >= 11 is 0. The molecule has 8 heteroatoms. The number of hydrogen-bond donors (Lipinski definition) is 5. The van der Waals surface area contributed by atoms with Gasteiger partial charge in [0, 0.05) is 13.0 Å². The Balaban J connectivity index is 2.48. The summed E-state index contributed by atoms with van der Waals surface area (Å²) in [6.07, 6.45) is 2.97. The lowest BCUT2D eigenvalue weighted by Crippen LogP contribution is -2.59. The van der Waals surface area contributed by atoms with Crippen molar-refractivity contribution in [3.8, 4) is 0 Å². The minimum Gasteiger partial charge on any atom is -0.395 e. The lowest BCUT2D eigenvalue weighted by molar-refractivity contribution is -0.332. The molecular weight excluding hydrogens is 354 g/mol. The molecule has 5 N–H and O–H groups in total. The minimum atomic E-state index is -1.77. The Bertz CT molecular complexity index is 423. The predicted octanol–water partition coefficient (Wildman–Crippen LogP) is 0.450. The van der Waals surface area contributed by atoms with Crippen LogP contribution in [0.2, 0.25) is 0 Å². The first kappa shape index (κ1) is 24.3. The second-order valence-electron chi connectivity index (χ2n) is 7.42. The third-order valence-electron chi connectivity index (χ3n) is 4.90. The van der Waals surface area contributed by atoms with E-state index in [4.69, 9.17) is 14.6 Å². The Morgan fingerprint density at radius 1 is 1.19 bits per heavy atom. The van der Waals surface area contributed by atoms with Crippen molar-refractivity contribution in [2.45, 2.75) is 95.4 Å². The molecular formula is C19H37NO7. The predicted molar refractivity (Wildman–Crippen MR) is 100.0 cm³/mol. The molecule has 27 heavy (non-hydrogen) atoms. The Labute approximate surface area is 161 Å². The average molecular weight is 392 g/mol. The molecule has 1 fully saturated rings. The number of aliphatic hydroxyl groups is 4. The quantitative estimate of drug-likeness (QED) is 0.288. The lowest BCUT2D eigenvalue weighted by Gasteiger charge is -2.43. The van der Waals surface area contributed by atoms with Gasteiger partial charge in [-0.15, -0.1) is 0 Å². The van der Waals surface area contributed by atoms with Gasteiger partial charge in [0.05, 0.1) is 13.2 Å². The average Bonchev–Trinajstić information content (AvgIpc) is 2.66. The van der Waals surface area contributed by atoms with E-state index in [-0.39, 0.29) is 19.8 Å². The highest BCUT2D eigenvalue weighted by Gasteiger charge is 2.45. The molecule has 1 saturated heterocycles. The molecule has 160 valence electrons. The number of hydrogen-bond acceptors (Lipinski definition) is 7. The van der Waals surface area contributed by atoms with Gasteiger partial charge in [-0.25, -0.2) is 0 Å². The molecule has 0 aliphatic carbocycles. The van der Waals surface area contributed by atoms with E-state index in [1.807, 2.05) is 0 Å². The monoisotopic (exact) mass is 391 g/mol. The van der Waals surface area contributed by atoms with Gasteiger partial charge >= 0.3 is 0 Å². The Morgan fingerprint density at radius 2 is 1.81 bits per heavy atom. The molecule has 8 nitrogen and oxygen atoms in total. The smallest absolute Gasteiger partial charge is 0.251 e. The summed E-state index contributed by atoms with van der Waals surface area (Å²) in [6.45, 7) is 3.58. The van der Waals surface area contributed by atoms with Gasteiger partial charge in [0.2, 0.25) is 0 Å². The lowest BCUT2D eigenvalue weighted by atomic mass is 9.99. The summed E-state index contributed by atoms with van der Waals surface area (Å²) in [4.78, 5) is 11.8. The molecule has 5 atom stereocenters. The van der Waals surface area contributed by atoms with E-state index in [1.165, 1.54) is 25.7 Å². The van der Waals surface area contributed by atoms with Gasteiger partial charge in [0.15, 0.2) is 11.9 Å². The minimum absolute atomic E-state index is 0.0320. The largest absolute Gasteiger partial charge is 0.395 e. The topological polar surface area (TPSA) is 128 Å². The van der Waals surface area contributed by atoms with Gasteiger partial charge in [-0.2, -0.15) is 0 Å². The maximum atomic E-state index is 11.8. The molecule has 1 rings (SSSR count). The van der Waals surface area contributed by atoms with E-state index in [1.54, 1.807) is 6.92 Å². The van der Waals surface area contributed by atoms with E-state index >= 15 is 0 Å². The Morgan fingerprint density at radius 3 is 2.44 bits per heavy atom. The Hall–Kier alpha value is -0.770. The van der Waals surface area contributed by atoms with Crippen LogP contribution in [0.1, 0.15) is 65.2 Å². The molecule has 1 unspecified atom stereocenters. The highest BCUT2D eigenvalue weighted by molar-refractivity contribution is 5.81. The summed E-state index contributed by atoms with van der Waals surface area (Å²) in [5, 5.41) is 41.4. The maximum absolute atomic E-state index is 11.8. The molecule has 1 aliphatic heterocycles. The molecule has 1 aliphatic rings. The summed E-state index contributed by atoms with van der Waals surface area (Å²) in [5.74, 6) is -1.80. The highest BCUT2D eigenvalue weighted by atomic mass is 16.7. The SMILES string of the molecule is CCCCCCCCCC1(C)OC[C@@H](O)[C@H]([C@H](O)[C@@H](O)C(=O)NCCO)O1. The first-order chi connectivity index (χ1) is 12.8. The summed E-state index contributed by atoms with van der Waals surface area (Å²) in [5.41, 5.74) is 0. The van der Waals surface area contributed by atoms with Gasteiger partial charge in [-0.05, 0) is 13.3 Å². The van der Waals surface area contributed by atoms with Gasteiger partial charge in [-0.3, -0.25) is 4.79 Å². The molecule has 0 aromatic rings. The number of amides is 1. The zero-order chi connectivity index (χ0) is 20.3. The van der Waals surface area contributed by atoms with Crippen molar-refractivity contribution in [3.05, 3.63) is 0 Å².